The molecule has 1 N–H and O–H groups in total. The number of rotatable bonds is 5. The summed E-state index contributed by atoms with van der Waals surface area (Å²) in [5, 5.41) is 0. The third-order valence-electron chi connectivity index (χ3n) is 4.01. The fourth-order valence-corrected chi connectivity index (χ4v) is 3.00. The van der Waals surface area contributed by atoms with Crippen molar-refractivity contribution in [3.05, 3.63) is 52.9 Å². The van der Waals surface area contributed by atoms with Crippen molar-refractivity contribution in [2.45, 2.75) is 0 Å². The van der Waals surface area contributed by atoms with Gasteiger partial charge in [0.2, 0.25) is 0 Å². The van der Waals surface area contributed by atoms with Crippen molar-refractivity contribution >= 4 is 21.8 Å². The molecule has 122 valence electrons. The highest BCUT2D eigenvalue weighted by atomic mass is 79.9. The van der Waals surface area contributed by atoms with Gasteiger partial charge in [0.15, 0.2) is 10.4 Å². The fourth-order valence-electron chi connectivity index (χ4n) is 2.69. The summed E-state index contributed by atoms with van der Waals surface area (Å²) >= 11 is 3.23. The first-order chi connectivity index (χ1) is 11.2. The minimum absolute atomic E-state index is 0.0321. The van der Waals surface area contributed by atoms with Gasteiger partial charge in [-0.2, -0.15) is 0 Å². The molecule has 0 bridgehead atoms. The Morgan fingerprint density at radius 3 is 2.57 bits per heavy atom. The second-order valence-corrected chi connectivity index (χ2v) is 6.34. The van der Waals surface area contributed by atoms with Gasteiger partial charge in [-0.15, -0.1) is 0 Å². The number of hydrogen-bond donors (Lipinski definition) is 1. The summed E-state index contributed by atoms with van der Waals surface area (Å²) in [6.07, 6.45) is 0. The number of furan rings is 1. The summed E-state index contributed by atoms with van der Waals surface area (Å²) in [4.78, 5) is 15.6. The molecule has 0 atom stereocenters. The monoisotopic (exact) mass is 379 g/mol. The predicted molar refractivity (Wildman–Crippen MR) is 89.8 cm³/mol. The van der Waals surface area contributed by atoms with Crippen LogP contribution in [0.3, 0.4) is 0 Å². The van der Waals surface area contributed by atoms with Crippen molar-refractivity contribution in [2.75, 3.05) is 39.3 Å². The Labute approximate surface area is 143 Å². The molecular weight excluding hydrogens is 360 g/mol. The Bertz CT molecular complexity index is 636. The smallest absolute Gasteiger partial charge is 0.290 e. The van der Waals surface area contributed by atoms with Crippen LogP contribution in [-0.4, -0.2) is 50.1 Å². The number of nitrogens with one attached hydrogen (secondary N) is 1. The van der Waals surface area contributed by atoms with Gasteiger partial charge >= 0.3 is 0 Å². The molecule has 6 heteroatoms. The first kappa shape index (κ1) is 16.1. The van der Waals surface area contributed by atoms with Crippen molar-refractivity contribution < 1.29 is 18.8 Å². The van der Waals surface area contributed by atoms with Gasteiger partial charge in [-0.3, -0.25) is 4.79 Å². The third-order valence-corrected chi connectivity index (χ3v) is 4.44. The van der Waals surface area contributed by atoms with Gasteiger partial charge in [0.25, 0.3) is 5.91 Å². The Kier molecular flexibility index (Phi) is 5.35. The van der Waals surface area contributed by atoms with Gasteiger partial charge in [0, 0.05) is 0 Å². The molecule has 1 saturated heterocycles. The highest BCUT2D eigenvalue weighted by molar-refractivity contribution is 9.10. The van der Waals surface area contributed by atoms with E-state index in [1.807, 2.05) is 35.2 Å². The number of hydrogen-bond acceptors (Lipinski definition) is 3. The Balaban J connectivity index is 1.41. The maximum absolute atomic E-state index is 12.3. The normalized spacial score (nSPS) is 15.6. The minimum Gasteiger partial charge on any atom is -0.488 e. The molecule has 1 aromatic carbocycles. The number of piperazine rings is 1. The van der Waals surface area contributed by atoms with Crippen LogP contribution in [0.2, 0.25) is 0 Å². The number of ether oxygens (including phenoxy) is 1. The number of benzene rings is 1. The van der Waals surface area contributed by atoms with Crippen molar-refractivity contribution in [3.63, 3.8) is 0 Å². The van der Waals surface area contributed by atoms with Gasteiger partial charge in [0.05, 0.1) is 26.2 Å². The lowest BCUT2D eigenvalue weighted by atomic mass is 10.3. The zero-order chi connectivity index (χ0) is 16.1. The van der Waals surface area contributed by atoms with E-state index in [1.165, 1.54) is 4.90 Å². The third kappa shape index (κ3) is 4.36. The summed E-state index contributed by atoms with van der Waals surface area (Å²) in [6, 6.07) is 13.3. The largest absolute Gasteiger partial charge is 0.488 e. The first-order valence-electron chi connectivity index (χ1n) is 7.78. The maximum atomic E-state index is 12.3. The molecule has 2 heterocycles. The lowest BCUT2D eigenvalue weighted by Crippen LogP contribution is -3.15. The van der Waals surface area contributed by atoms with Crippen LogP contribution in [0.1, 0.15) is 10.6 Å². The molecule has 23 heavy (non-hydrogen) atoms. The van der Waals surface area contributed by atoms with Gasteiger partial charge < -0.3 is 19.0 Å². The van der Waals surface area contributed by atoms with Crippen LogP contribution in [0.5, 0.6) is 5.75 Å². The predicted octanol–water partition coefficient (Wildman–Crippen LogP) is 1.46. The van der Waals surface area contributed by atoms with E-state index < -0.39 is 0 Å². The number of nitrogens with zero attached hydrogens (tertiary/aromatic N) is 1. The molecule has 0 spiro atoms. The molecular formula is C17H20BrN2O3+. The molecule has 0 saturated carbocycles. The van der Waals surface area contributed by atoms with Crippen LogP contribution in [0.15, 0.2) is 51.6 Å². The second-order valence-electron chi connectivity index (χ2n) is 5.56. The molecule has 1 amide bonds. The van der Waals surface area contributed by atoms with Gasteiger partial charge in [0.1, 0.15) is 18.9 Å². The highest BCUT2D eigenvalue weighted by Gasteiger charge is 2.26. The zero-order valence-electron chi connectivity index (χ0n) is 12.8. The zero-order valence-corrected chi connectivity index (χ0v) is 14.4. The summed E-state index contributed by atoms with van der Waals surface area (Å²) in [5.41, 5.74) is 0. The number of carbonyl (C=O) groups is 1. The maximum Gasteiger partial charge on any atom is 0.290 e. The van der Waals surface area contributed by atoms with Crippen LogP contribution < -0.4 is 9.64 Å². The first-order valence-corrected chi connectivity index (χ1v) is 8.58. The van der Waals surface area contributed by atoms with E-state index in [0.717, 1.165) is 38.5 Å². The van der Waals surface area contributed by atoms with Crippen LogP contribution in [0, 0.1) is 0 Å². The molecule has 2 aromatic rings. The van der Waals surface area contributed by atoms with E-state index in [0.29, 0.717) is 17.0 Å². The molecule has 1 aliphatic heterocycles. The quantitative estimate of drug-likeness (QED) is 0.855. The van der Waals surface area contributed by atoms with E-state index in [9.17, 15) is 4.79 Å². The van der Waals surface area contributed by atoms with E-state index in [4.69, 9.17) is 9.15 Å². The van der Waals surface area contributed by atoms with Crippen LogP contribution in [0.25, 0.3) is 0 Å². The second kappa shape index (κ2) is 7.66. The van der Waals surface area contributed by atoms with Gasteiger partial charge in [-0.25, -0.2) is 0 Å². The number of para-hydroxylation sites is 1. The van der Waals surface area contributed by atoms with Gasteiger partial charge in [-0.05, 0) is 40.2 Å². The average molecular weight is 380 g/mol. The number of quaternary nitrogens is 1. The number of amides is 1. The van der Waals surface area contributed by atoms with Crippen LogP contribution in [-0.2, 0) is 0 Å². The molecule has 1 fully saturated rings. The SMILES string of the molecule is O=C(c1ccc(Br)o1)N1CC[NH+](CCOc2ccccc2)CC1. The van der Waals surface area contributed by atoms with E-state index in [2.05, 4.69) is 15.9 Å². The van der Waals surface area contributed by atoms with Crippen LogP contribution in [0.4, 0.5) is 0 Å². The molecule has 1 aliphatic rings. The Morgan fingerprint density at radius 2 is 1.91 bits per heavy atom. The molecule has 0 unspecified atom stereocenters. The standard InChI is InChI=1S/C17H19BrN2O3/c18-16-7-6-15(23-16)17(21)20-10-8-19(9-11-20)12-13-22-14-4-2-1-3-5-14/h1-7H,8-13H2/p+1. The Hall–Kier alpha value is -1.79. The van der Waals surface area contributed by atoms with E-state index >= 15 is 0 Å². The molecule has 0 radical (unpaired) electrons. The van der Waals surface area contributed by atoms with Crippen molar-refractivity contribution in [1.82, 2.24) is 4.90 Å². The topological polar surface area (TPSA) is 47.1 Å². The lowest BCUT2D eigenvalue weighted by molar-refractivity contribution is -0.903. The van der Waals surface area contributed by atoms with Crippen molar-refractivity contribution in [2.24, 2.45) is 0 Å². The minimum atomic E-state index is -0.0321. The summed E-state index contributed by atoms with van der Waals surface area (Å²) in [6.45, 7) is 5.01. The summed E-state index contributed by atoms with van der Waals surface area (Å²) in [5.74, 6) is 1.27. The molecule has 5 nitrogen and oxygen atoms in total. The number of carbonyl (C=O) groups excluding carboxylic acids is 1. The Morgan fingerprint density at radius 1 is 1.17 bits per heavy atom. The van der Waals surface area contributed by atoms with Crippen LogP contribution >= 0.6 is 15.9 Å². The van der Waals surface area contributed by atoms with Crippen molar-refractivity contribution in [1.29, 1.82) is 0 Å². The fraction of sp³-hybridized carbons (Fsp3) is 0.353. The van der Waals surface area contributed by atoms with E-state index in [-0.39, 0.29) is 5.91 Å². The number of halogens is 1. The van der Waals surface area contributed by atoms with Gasteiger partial charge in [-0.1, -0.05) is 18.2 Å². The molecule has 0 aliphatic carbocycles. The molecule has 3 rings (SSSR count). The lowest BCUT2D eigenvalue weighted by Gasteiger charge is -2.31. The summed E-state index contributed by atoms with van der Waals surface area (Å²) in [7, 11) is 0. The van der Waals surface area contributed by atoms with Crippen molar-refractivity contribution in [3.8, 4) is 5.75 Å². The average Bonchev–Trinajstić information content (AvgIpc) is 3.02. The molecule has 1 aromatic heterocycles. The van der Waals surface area contributed by atoms with E-state index in [1.54, 1.807) is 12.1 Å². The highest BCUT2D eigenvalue weighted by Crippen LogP contribution is 2.15. The summed E-state index contributed by atoms with van der Waals surface area (Å²) < 4.78 is 11.7.